The highest BCUT2D eigenvalue weighted by molar-refractivity contribution is 9.10. The van der Waals surface area contributed by atoms with E-state index in [-0.39, 0.29) is 0 Å². The van der Waals surface area contributed by atoms with E-state index >= 15 is 0 Å². The van der Waals surface area contributed by atoms with Crippen LogP contribution in [0.3, 0.4) is 0 Å². The molecule has 0 bridgehead atoms. The standard InChI is InChI=1S/C24H14ClNO2.C18H10BrNO2.C6H6BClO2/c25-17-11-9-15(10-12-17)16-13-22-24-23(14-16)28-21-8-4-2-6-19(21)26(24)18-5-1-3-7-20(18)27-22;19-11-9-16-18-17(10-11)22-15-8-4-2-6-13(15)20(18)12-5-1-3-7-14(12)21-16;8-6-3-1-5(2-4-6)7(9)10/h1-14H;1-10H;1-4,9-10H. The van der Waals surface area contributed by atoms with E-state index in [0.717, 1.165) is 95.7 Å². The van der Waals surface area contributed by atoms with Crippen molar-refractivity contribution in [1.29, 1.82) is 0 Å². The predicted octanol–water partition coefficient (Wildman–Crippen LogP) is 13.8. The van der Waals surface area contributed by atoms with Crippen molar-refractivity contribution in [3.63, 3.8) is 0 Å². The van der Waals surface area contributed by atoms with E-state index in [2.05, 4.69) is 62.1 Å². The number of rotatable bonds is 2. The lowest BCUT2D eigenvalue weighted by Crippen LogP contribution is -2.29. The Morgan fingerprint density at radius 3 is 1.10 bits per heavy atom. The Bertz CT molecular complexity index is 2790. The molecule has 0 saturated carbocycles. The molecule has 8 aromatic carbocycles. The highest BCUT2D eigenvalue weighted by Gasteiger charge is 2.36. The molecule has 0 radical (unpaired) electrons. The molecular formula is C48H30BBrCl2N2O6. The maximum absolute atomic E-state index is 8.63. The number of benzene rings is 8. The van der Waals surface area contributed by atoms with E-state index in [1.54, 1.807) is 24.3 Å². The van der Waals surface area contributed by atoms with Crippen molar-refractivity contribution < 1.29 is 29.0 Å². The highest BCUT2D eigenvalue weighted by atomic mass is 79.9. The van der Waals surface area contributed by atoms with E-state index in [4.69, 9.17) is 52.2 Å². The van der Waals surface area contributed by atoms with Crippen molar-refractivity contribution in [2.75, 3.05) is 9.80 Å². The summed E-state index contributed by atoms with van der Waals surface area (Å²) in [6.45, 7) is 0. The molecule has 0 fully saturated rings. The van der Waals surface area contributed by atoms with Gasteiger partial charge in [0.15, 0.2) is 46.0 Å². The molecule has 8 nitrogen and oxygen atoms in total. The lowest BCUT2D eigenvalue weighted by molar-refractivity contribution is 0.425. The summed E-state index contributed by atoms with van der Waals surface area (Å²) >= 11 is 15.1. The average molecular weight is 892 g/mol. The van der Waals surface area contributed by atoms with Crippen molar-refractivity contribution in [3.8, 4) is 57.1 Å². The van der Waals surface area contributed by atoms with Gasteiger partial charge in [-0.05, 0) is 114 Å². The lowest BCUT2D eigenvalue weighted by atomic mass is 9.81. The summed E-state index contributed by atoms with van der Waals surface area (Å²) in [4.78, 5) is 4.42. The number of anilines is 6. The van der Waals surface area contributed by atoms with Gasteiger partial charge in [-0.3, -0.25) is 9.80 Å². The third-order valence-electron chi connectivity index (χ3n) is 10.1. The summed E-state index contributed by atoms with van der Waals surface area (Å²) in [5.41, 5.74) is 8.45. The highest BCUT2D eigenvalue weighted by Crippen LogP contribution is 2.61. The van der Waals surface area contributed by atoms with E-state index in [0.29, 0.717) is 15.5 Å². The molecule has 0 saturated heterocycles. The van der Waals surface area contributed by atoms with Crippen LogP contribution in [-0.2, 0) is 0 Å². The summed E-state index contributed by atoms with van der Waals surface area (Å²) < 4.78 is 25.6. The number of ether oxygens (including phenoxy) is 4. The molecule has 0 aromatic heterocycles. The number of hydrogen-bond acceptors (Lipinski definition) is 8. The molecule has 292 valence electrons. The van der Waals surface area contributed by atoms with Crippen LogP contribution < -0.4 is 34.2 Å². The summed E-state index contributed by atoms with van der Waals surface area (Å²) in [7, 11) is -1.41. The number of para-hydroxylation sites is 8. The SMILES string of the molecule is Brc1cc2c3c(c1)Oc1ccccc1N3c1ccccc1O2.Clc1ccc(-c2cc3c4c(c2)Oc2ccccc2N4c2ccccc2O3)cc1.OB(O)c1ccc(Cl)cc1. The van der Waals surface area contributed by atoms with Gasteiger partial charge in [-0.2, -0.15) is 0 Å². The topological polar surface area (TPSA) is 83.9 Å². The molecule has 4 aliphatic rings. The summed E-state index contributed by atoms with van der Waals surface area (Å²) in [6, 6.07) is 54.4. The zero-order valence-electron chi connectivity index (χ0n) is 31.3. The lowest BCUT2D eigenvalue weighted by Gasteiger charge is -2.38. The van der Waals surface area contributed by atoms with E-state index in [1.165, 1.54) is 0 Å². The van der Waals surface area contributed by atoms with Crippen LogP contribution >= 0.6 is 39.1 Å². The minimum Gasteiger partial charge on any atom is -0.453 e. The first-order valence-corrected chi connectivity index (χ1v) is 20.4. The Morgan fingerprint density at radius 2 is 0.733 bits per heavy atom. The maximum atomic E-state index is 8.63. The second kappa shape index (κ2) is 15.7. The quantitative estimate of drug-likeness (QED) is 0.166. The average Bonchev–Trinajstić information content (AvgIpc) is 3.26. The van der Waals surface area contributed by atoms with Gasteiger partial charge in [0, 0.05) is 14.5 Å². The molecule has 0 amide bonds. The monoisotopic (exact) mass is 890 g/mol. The number of hydrogen-bond donors (Lipinski definition) is 2. The normalized spacial score (nSPS) is 12.6. The van der Waals surface area contributed by atoms with E-state index < -0.39 is 7.12 Å². The van der Waals surface area contributed by atoms with Gasteiger partial charge in [0.2, 0.25) is 0 Å². The van der Waals surface area contributed by atoms with Crippen molar-refractivity contribution in [2.24, 2.45) is 0 Å². The van der Waals surface area contributed by atoms with Gasteiger partial charge in [0.1, 0.15) is 11.4 Å². The summed E-state index contributed by atoms with van der Waals surface area (Å²) in [6.07, 6.45) is 0. The Hall–Kier alpha value is -6.40. The van der Waals surface area contributed by atoms with Crippen LogP contribution in [0.2, 0.25) is 10.0 Å². The zero-order chi connectivity index (χ0) is 40.9. The largest absolute Gasteiger partial charge is 0.488 e. The van der Waals surface area contributed by atoms with Crippen LogP contribution in [0.1, 0.15) is 0 Å². The van der Waals surface area contributed by atoms with Crippen LogP contribution in [0, 0.1) is 0 Å². The third-order valence-corrected chi connectivity index (χ3v) is 11.1. The number of nitrogens with zero attached hydrogens (tertiary/aromatic N) is 2. The molecule has 4 heterocycles. The molecule has 0 spiro atoms. The summed E-state index contributed by atoms with van der Waals surface area (Å²) in [5.74, 6) is 6.46. The minimum atomic E-state index is -1.41. The van der Waals surface area contributed by atoms with Crippen molar-refractivity contribution >= 4 is 85.8 Å². The molecule has 60 heavy (non-hydrogen) atoms. The Balaban J connectivity index is 0.000000120. The van der Waals surface area contributed by atoms with Gasteiger partial charge >= 0.3 is 7.12 Å². The van der Waals surface area contributed by atoms with Gasteiger partial charge in [-0.25, -0.2) is 0 Å². The van der Waals surface area contributed by atoms with Gasteiger partial charge in [-0.15, -0.1) is 0 Å². The van der Waals surface area contributed by atoms with Crippen LogP contribution in [-0.4, -0.2) is 17.2 Å². The molecule has 8 aromatic rings. The first-order valence-electron chi connectivity index (χ1n) is 18.9. The van der Waals surface area contributed by atoms with Crippen LogP contribution in [0.5, 0.6) is 46.0 Å². The van der Waals surface area contributed by atoms with Crippen LogP contribution in [0.25, 0.3) is 11.1 Å². The molecule has 12 rings (SSSR count). The zero-order valence-corrected chi connectivity index (χ0v) is 34.4. The summed E-state index contributed by atoms with van der Waals surface area (Å²) in [5, 5.41) is 18.6. The van der Waals surface area contributed by atoms with Gasteiger partial charge in [0.25, 0.3) is 0 Å². The first kappa shape index (κ1) is 37.8. The predicted molar refractivity (Wildman–Crippen MR) is 242 cm³/mol. The molecule has 0 atom stereocenters. The fourth-order valence-electron chi connectivity index (χ4n) is 7.46. The van der Waals surface area contributed by atoms with Crippen molar-refractivity contribution in [2.45, 2.75) is 0 Å². The molecule has 12 heteroatoms. The van der Waals surface area contributed by atoms with Crippen LogP contribution in [0.4, 0.5) is 34.1 Å². The Labute approximate surface area is 364 Å². The molecule has 0 unspecified atom stereocenters. The molecule has 0 aliphatic carbocycles. The number of fused-ring (bicyclic) bond motifs is 8. The third kappa shape index (κ3) is 6.98. The molecule has 4 aliphatic heterocycles. The second-order valence-electron chi connectivity index (χ2n) is 14.0. The van der Waals surface area contributed by atoms with Crippen LogP contribution in [0.15, 0.2) is 174 Å². The smallest absolute Gasteiger partial charge is 0.453 e. The van der Waals surface area contributed by atoms with Gasteiger partial charge in [0.05, 0.1) is 22.7 Å². The van der Waals surface area contributed by atoms with Gasteiger partial charge in [-0.1, -0.05) is 112 Å². The van der Waals surface area contributed by atoms with E-state index in [1.807, 2.05) is 109 Å². The fourth-order valence-corrected chi connectivity index (χ4v) is 8.12. The molecular weight excluding hydrogens is 862 g/mol. The maximum Gasteiger partial charge on any atom is 0.488 e. The Kier molecular flexibility index (Phi) is 9.87. The number of halogens is 3. The van der Waals surface area contributed by atoms with E-state index in [9.17, 15) is 0 Å². The second-order valence-corrected chi connectivity index (χ2v) is 15.7. The fraction of sp³-hybridized carbons (Fsp3) is 0. The minimum absolute atomic E-state index is 0.449. The van der Waals surface area contributed by atoms with Crippen molar-refractivity contribution in [3.05, 3.63) is 184 Å². The Morgan fingerprint density at radius 1 is 0.400 bits per heavy atom. The van der Waals surface area contributed by atoms with Crippen molar-refractivity contribution in [1.82, 2.24) is 0 Å². The molecule has 2 N–H and O–H groups in total. The van der Waals surface area contributed by atoms with Gasteiger partial charge < -0.3 is 29.0 Å². The first-order chi connectivity index (χ1) is 29.3.